The van der Waals surface area contributed by atoms with Crippen LogP contribution < -0.4 is 15.2 Å². The molecule has 1 aliphatic rings. The van der Waals surface area contributed by atoms with Gasteiger partial charge in [-0.25, -0.2) is 18.5 Å². The number of methoxy groups -OCH3 is 1. The Balaban J connectivity index is 1.86. The molecule has 1 heterocycles. The summed E-state index contributed by atoms with van der Waals surface area (Å²) in [5.41, 5.74) is 0.744. The molecule has 1 aromatic carbocycles. The van der Waals surface area contributed by atoms with Crippen LogP contribution in [0.1, 0.15) is 19.3 Å². The lowest BCUT2D eigenvalue weighted by atomic mass is 9.84. The molecule has 0 atom stereocenters. The largest absolute Gasteiger partial charge is 0.494 e. The fourth-order valence-corrected chi connectivity index (χ4v) is 3.90. The number of rotatable bonds is 5. The number of nitrogens with two attached hydrogens (primary N) is 1. The number of fused-ring (bicyclic) bond motifs is 1. The Morgan fingerprint density at radius 1 is 1.32 bits per heavy atom. The lowest BCUT2D eigenvalue weighted by molar-refractivity contribution is 0.351. The van der Waals surface area contributed by atoms with E-state index < -0.39 is 14.8 Å². The first kappa shape index (κ1) is 15.1. The van der Waals surface area contributed by atoms with Gasteiger partial charge < -0.3 is 10.1 Å². The van der Waals surface area contributed by atoms with Gasteiger partial charge in [-0.05, 0) is 31.0 Å². The second-order valence-corrected chi connectivity index (χ2v) is 7.62. The van der Waals surface area contributed by atoms with Crippen LogP contribution in [-0.4, -0.2) is 31.8 Å². The number of aromatic nitrogens is 1. The summed E-state index contributed by atoms with van der Waals surface area (Å²) in [5, 5.41) is 9.45. The van der Waals surface area contributed by atoms with E-state index in [1.54, 1.807) is 7.11 Å². The van der Waals surface area contributed by atoms with Gasteiger partial charge >= 0.3 is 0 Å². The number of ether oxygens (including phenoxy) is 1. The summed E-state index contributed by atoms with van der Waals surface area (Å²) in [6.45, 7) is 0.277. The first-order valence-electron chi connectivity index (χ1n) is 7.15. The van der Waals surface area contributed by atoms with Crippen molar-refractivity contribution in [1.29, 1.82) is 0 Å². The molecule has 0 saturated heterocycles. The Hall–Kier alpha value is -1.86. The van der Waals surface area contributed by atoms with Crippen molar-refractivity contribution in [3.8, 4) is 5.75 Å². The van der Waals surface area contributed by atoms with Gasteiger partial charge in [0.25, 0.3) is 0 Å². The number of hydrogen-bond donors (Lipinski definition) is 2. The average Bonchev–Trinajstić information content (AvgIpc) is 2.43. The minimum atomic E-state index is -3.57. The van der Waals surface area contributed by atoms with E-state index >= 15 is 0 Å². The van der Waals surface area contributed by atoms with Crippen molar-refractivity contribution in [1.82, 2.24) is 4.98 Å². The molecular formula is C15H19N3O3S. The maximum Gasteiger partial charge on any atom is 0.216 e. The van der Waals surface area contributed by atoms with Crippen LogP contribution >= 0.6 is 0 Å². The molecule has 0 amide bonds. The fourth-order valence-electron chi connectivity index (χ4n) is 2.77. The molecule has 1 fully saturated rings. The lowest BCUT2D eigenvalue weighted by Crippen LogP contribution is -2.53. The van der Waals surface area contributed by atoms with Crippen LogP contribution in [0.4, 0.5) is 5.82 Å². The molecule has 2 aromatic rings. The molecular weight excluding hydrogens is 302 g/mol. The van der Waals surface area contributed by atoms with Crippen LogP contribution in [0.15, 0.2) is 30.3 Å². The van der Waals surface area contributed by atoms with Crippen molar-refractivity contribution in [2.75, 3.05) is 19.0 Å². The molecule has 118 valence electrons. The standard InChI is InChI=1S/C15H19N3O3S/c1-21-12-5-2-4-11-6-7-13(18-14(11)12)17-10-15(8-3-9-15)22(16,19)20/h2,4-7H,3,8-10H2,1H3,(H,17,18)(H2,16,19,20). The Labute approximate surface area is 129 Å². The second kappa shape index (κ2) is 5.40. The third-order valence-electron chi connectivity index (χ3n) is 4.36. The number of benzene rings is 1. The molecule has 1 aromatic heterocycles. The third-order valence-corrected chi connectivity index (χ3v) is 6.12. The van der Waals surface area contributed by atoms with Gasteiger partial charge in [0, 0.05) is 11.9 Å². The molecule has 0 unspecified atom stereocenters. The van der Waals surface area contributed by atoms with Gasteiger partial charge in [-0.2, -0.15) is 0 Å². The molecule has 0 aliphatic heterocycles. The predicted octanol–water partition coefficient (Wildman–Crippen LogP) is 1.87. The minimum Gasteiger partial charge on any atom is -0.494 e. The number of sulfonamides is 1. The van der Waals surface area contributed by atoms with E-state index in [4.69, 9.17) is 9.88 Å². The van der Waals surface area contributed by atoms with Gasteiger partial charge in [0.15, 0.2) is 0 Å². The number of pyridine rings is 1. The first-order valence-corrected chi connectivity index (χ1v) is 8.70. The molecule has 0 spiro atoms. The monoisotopic (exact) mass is 321 g/mol. The third kappa shape index (κ3) is 2.50. The second-order valence-electron chi connectivity index (χ2n) is 5.66. The van der Waals surface area contributed by atoms with Crippen LogP contribution in [-0.2, 0) is 10.0 Å². The highest BCUT2D eigenvalue weighted by Crippen LogP contribution is 2.38. The van der Waals surface area contributed by atoms with Crippen molar-refractivity contribution in [2.45, 2.75) is 24.0 Å². The molecule has 22 heavy (non-hydrogen) atoms. The van der Waals surface area contributed by atoms with Crippen molar-refractivity contribution in [3.63, 3.8) is 0 Å². The summed E-state index contributed by atoms with van der Waals surface area (Å²) in [5.74, 6) is 1.30. The van der Waals surface area contributed by atoms with Crippen LogP contribution in [0, 0.1) is 0 Å². The zero-order valence-electron chi connectivity index (χ0n) is 12.4. The van der Waals surface area contributed by atoms with Crippen LogP contribution in [0.2, 0.25) is 0 Å². The predicted molar refractivity (Wildman–Crippen MR) is 86.5 cm³/mol. The molecule has 3 rings (SSSR count). The smallest absolute Gasteiger partial charge is 0.216 e. The Kier molecular flexibility index (Phi) is 3.70. The molecule has 0 radical (unpaired) electrons. The summed E-state index contributed by atoms with van der Waals surface area (Å²) in [7, 11) is -1.97. The minimum absolute atomic E-state index is 0.277. The van der Waals surface area contributed by atoms with E-state index in [0.717, 1.165) is 17.3 Å². The van der Waals surface area contributed by atoms with E-state index in [1.807, 2.05) is 30.3 Å². The lowest BCUT2D eigenvalue weighted by Gasteiger charge is -2.39. The van der Waals surface area contributed by atoms with E-state index in [9.17, 15) is 8.42 Å². The summed E-state index contributed by atoms with van der Waals surface area (Å²) in [6.07, 6.45) is 2.07. The normalized spacial score (nSPS) is 17.0. The quantitative estimate of drug-likeness (QED) is 0.876. The maximum atomic E-state index is 11.8. The Morgan fingerprint density at radius 2 is 2.09 bits per heavy atom. The highest BCUT2D eigenvalue weighted by molar-refractivity contribution is 7.90. The Morgan fingerprint density at radius 3 is 2.68 bits per heavy atom. The van der Waals surface area contributed by atoms with Crippen LogP contribution in [0.3, 0.4) is 0 Å². The molecule has 3 N–H and O–H groups in total. The number of nitrogens with zero attached hydrogens (tertiary/aromatic N) is 1. The fraction of sp³-hybridized carbons (Fsp3) is 0.400. The van der Waals surface area contributed by atoms with Gasteiger partial charge in [-0.1, -0.05) is 18.6 Å². The first-order chi connectivity index (χ1) is 10.5. The van der Waals surface area contributed by atoms with Crippen molar-refractivity contribution < 1.29 is 13.2 Å². The number of nitrogens with one attached hydrogen (secondary N) is 1. The SMILES string of the molecule is COc1cccc2ccc(NCC3(S(N)(=O)=O)CCC3)nc12. The van der Waals surface area contributed by atoms with E-state index in [0.29, 0.717) is 24.4 Å². The summed E-state index contributed by atoms with van der Waals surface area (Å²) >= 11 is 0. The summed E-state index contributed by atoms with van der Waals surface area (Å²) < 4.78 is 28.0. The van der Waals surface area contributed by atoms with E-state index in [-0.39, 0.29) is 6.54 Å². The highest BCUT2D eigenvalue weighted by atomic mass is 32.2. The van der Waals surface area contributed by atoms with Crippen LogP contribution in [0.5, 0.6) is 5.75 Å². The zero-order chi connectivity index (χ0) is 15.8. The van der Waals surface area contributed by atoms with Gasteiger partial charge in [0.1, 0.15) is 21.8 Å². The number of anilines is 1. The van der Waals surface area contributed by atoms with Crippen molar-refractivity contribution in [3.05, 3.63) is 30.3 Å². The van der Waals surface area contributed by atoms with Gasteiger partial charge in [-0.3, -0.25) is 0 Å². The van der Waals surface area contributed by atoms with Crippen molar-refractivity contribution in [2.24, 2.45) is 5.14 Å². The zero-order valence-corrected chi connectivity index (χ0v) is 13.2. The van der Waals surface area contributed by atoms with Crippen LogP contribution in [0.25, 0.3) is 10.9 Å². The highest BCUT2D eigenvalue weighted by Gasteiger charge is 2.46. The molecule has 7 heteroatoms. The summed E-state index contributed by atoms with van der Waals surface area (Å²) in [6, 6.07) is 9.46. The van der Waals surface area contributed by atoms with E-state index in [1.165, 1.54) is 0 Å². The molecule has 0 bridgehead atoms. The van der Waals surface area contributed by atoms with E-state index in [2.05, 4.69) is 10.3 Å². The number of primary sulfonamides is 1. The number of hydrogen-bond acceptors (Lipinski definition) is 5. The Bertz CT molecular complexity index is 801. The number of para-hydroxylation sites is 1. The topological polar surface area (TPSA) is 94.3 Å². The molecule has 1 aliphatic carbocycles. The van der Waals surface area contributed by atoms with Crippen molar-refractivity contribution >= 4 is 26.7 Å². The van der Waals surface area contributed by atoms with Gasteiger partial charge in [0.2, 0.25) is 10.0 Å². The average molecular weight is 321 g/mol. The summed E-state index contributed by atoms with van der Waals surface area (Å²) in [4.78, 5) is 4.52. The maximum absolute atomic E-state index is 11.8. The molecule has 6 nitrogen and oxygen atoms in total. The molecule has 1 saturated carbocycles. The van der Waals surface area contributed by atoms with Gasteiger partial charge in [-0.15, -0.1) is 0 Å². The van der Waals surface area contributed by atoms with Gasteiger partial charge in [0.05, 0.1) is 7.11 Å².